The largest absolute Gasteiger partial charge is 0.497 e. The molecule has 1 heterocycles. The Labute approximate surface area is 177 Å². The van der Waals surface area contributed by atoms with Crippen LogP contribution in [0.25, 0.3) is 0 Å². The van der Waals surface area contributed by atoms with Crippen molar-refractivity contribution < 1.29 is 19.1 Å². The lowest BCUT2D eigenvalue weighted by Crippen LogP contribution is -2.49. The second-order valence-corrected chi connectivity index (χ2v) is 8.10. The third-order valence-electron chi connectivity index (χ3n) is 5.80. The predicted octanol–water partition coefficient (Wildman–Crippen LogP) is 3.43. The van der Waals surface area contributed by atoms with Gasteiger partial charge in [-0.05, 0) is 43.4 Å². The second kappa shape index (κ2) is 10.8. The Hall–Kier alpha value is -1.79. The Balaban J connectivity index is 1.86. The van der Waals surface area contributed by atoms with E-state index >= 15 is 0 Å². The number of hydrogen-bond acceptors (Lipinski definition) is 4. The Kier molecular flexibility index (Phi) is 8.19. The fourth-order valence-corrected chi connectivity index (χ4v) is 4.38. The quantitative estimate of drug-likeness (QED) is 0.651. The SMILES string of the molecule is COc1ccc(C(C(=O)NC2CCCCC2)N(CC2CCCO2)C(=O)CCl)cc1. The van der Waals surface area contributed by atoms with E-state index in [1.165, 1.54) is 6.42 Å². The number of nitrogens with one attached hydrogen (secondary N) is 1. The number of hydrogen-bond donors (Lipinski definition) is 1. The van der Waals surface area contributed by atoms with Crippen LogP contribution in [0.15, 0.2) is 24.3 Å². The van der Waals surface area contributed by atoms with E-state index in [0.29, 0.717) is 18.9 Å². The van der Waals surface area contributed by atoms with E-state index in [-0.39, 0.29) is 29.8 Å². The lowest BCUT2D eigenvalue weighted by atomic mass is 9.94. The van der Waals surface area contributed by atoms with Crippen molar-refractivity contribution in [2.45, 2.75) is 63.1 Å². The zero-order valence-corrected chi connectivity index (χ0v) is 17.8. The maximum absolute atomic E-state index is 13.4. The first-order valence-electron chi connectivity index (χ1n) is 10.5. The molecule has 6 nitrogen and oxygen atoms in total. The van der Waals surface area contributed by atoms with E-state index in [1.807, 2.05) is 24.3 Å². The minimum Gasteiger partial charge on any atom is -0.497 e. The summed E-state index contributed by atoms with van der Waals surface area (Å²) in [5, 5.41) is 3.18. The zero-order valence-electron chi connectivity index (χ0n) is 17.1. The summed E-state index contributed by atoms with van der Waals surface area (Å²) in [6.45, 7) is 1.05. The van der Waals surface area contributed by atoms with Gasteiger partial charge in [-0.25, -0.2) is 0 Å². The van der Waals surface area contributed by atoms with Crippen molar-refractivity contribution in [1.82, 2.24) is 10.2 Å². The van der Waals surface area contributed by atoms with Crippen molar-refractivity contribution >= 4 is 23.4 Å². The molecule has 160 valence electrons. The number of methoxy groups -OCH3 is 1. The van der Waals surface area contributed by atoms with Crippen LogP contribution in [0.1, 0.15) is 56.6 Å². The number of carbonyl (C=O) groups excluding carboxylic acids is 2. The van der Waals surface area contributed by atoms with Gasteiger partial charge < -0.3 is 19.7 Å². The van der Waals surface area contributed by atoms with Crippen LogP contribution in [0.2, 0.25) is 0 Å². The number of ether oxygens (including phenoxy) is 2. The summed E-state index contributed by atoms with van der Waals surface area (Å²) < 4.78 is 11.0. The van der Waals surface area contributed by atoms with Gasteiger partial charge in [0.1, 0.15) is 17.7 Å². The molecular formula is C22H31ClN2O4. The van der Waals surface area contributed by atoms with Crippen molar-refractivity contribution in [3.63, 3.8) is 0 Å². The average Bonchev–Trinajstić information content (AvgIpc) is 3.27. The molecule has 3 rings (SSSR count). The average molecular weight is 423 g/mol. The molecule has 1 aliphatic carbocycles. The number of carbonyl (C=O) groups is 2. The van der Waals surface area contributed by atoms with Gasteiger partial charge in [0.15, 0.2) is 0 Å². The number of benzene rings is 1. The van der Waals surface area contributed by atoms with Gasteiger partial charge in [0.2, 0.25) is 11.8 Å². The molecule has 2 unspecified atom stereocenters. The molecule has 0 radical (unpaired) electrons. The summed E-state index contributed by atoms with van der Waals surface area (Å²) in [7, 11) is 1.60. The second-order valence-electron chi connectivity index (χ2n) is 7.83. The van der Waals surface area contributed by atoms with Gasteiger partial charge in [-0.15, -0.1) is 11.6 Å². The van der Waals surface area contributed by atoms with E-state index < -0.39 is 6.04 Å². The van der Waals surface area contributed by atoms with Crippen molar-refractivity contribution in [3.05, 3.63) is 29.8 Å². The molecule has 1 aromatic rings. The van der Waals surface area contributed by atoms with E-state index in [1.54, 1.807) is 12.0 Å². The van der Waals surface area contributed by atoms with Gasteiger partial charge in [-0.1, -0.05) is 31.4 Å². The minimum absolute atomic E-state index is 0.0644. The van der Waals surface area contributed by atoms with Crippen LogP contribution in [-0.4, -0.2) is 55.0 Å². The molecule has 2 atom stereocenters. The third-order valence-corrected chi connectivity index (χ3v) is 6.03. The maximum Gasteiger partial charge on any atom is 0.247 e. The first kappa shape index (κ1) is 21.9. The first-order valence-corrected chi connectivity index (χ1v) is 11.1. The maximum atomic E-state index is 13.4. The summed E-state index contributed by atoms with van der Waals surface area (Å²) in [5.41, 5.74) is 0.746. The minimum atomic E-state index is -0.738. The van der Waals surface area contributed by atoms with Gasteiger partial charge in [0.25, 0.3) is 0 Å². The smallest absolute Gasteiger partial charge is 0.247 e. The lowest BCUT2D eigenvalue weighted by Gasteiger charge is -2.34. The molecule has 1 N–H and O–H groups in total. The van der Waals surface area contributed by atoms with E-state index in [4.69, 9.17) is 21.1 Å². The van der Waals surface area contributed by atoms with Gasteiger partial charge in [0.05, 0.1) is 13.2 Å². The van der Waals surface area contributed by atoms with Crippen LogP contribution >= 0.6 is 11.6 Å². The van der Waals surface area contributed by atoms with Gasteiger partial charge in [-0.2, -0.15) is 0 Å². The molecule has 2 fully saturated rings. The standard InChI is InChI=1S/C22H31ClN2O4/c1-28-18-11-9-16(10-12-18)21(22(27)24-17-6-3-2-4-7-17)25(20(26)14-23)15-19-8-5-13-29-19/h9-12,17,19,21H,2-8,13-15H2,1H3,(H,24,27). The highest BCUT2D eigenvalue weighted by Gasteiger charge is 2.34. The van der Waals surface area contributed by atoms with Crippen LogP contribution < -0.4 is 10.1 Å². The fraction of sp³-hybridized carbons (Fsp3) is 0.636. The van der Waals surface area contributed by atoms with Crippen molar-refractivity contribution in [3.8, 4) is 5.75 Å². The van der Waals surface area contributed by atoms with Gasteiger partial charge in [-0.3, -0.25) is 9.59 Å². The highest BCUT2D eigenvalue weighted by atomic mass is 35.5. The molecule has 7 heteroatoms. The zero-order chi connectivity index (χ0) is 20.6. The van der Waals surface area contributed by atoms with Crippen molar-refractivity contribution in [2.24, 2.45) is 0 Å². The van der Waals surface area contributed by atoms with Crippen LogP contribution in [0.4, 0.5) is 0 Å². The van der Waals surface area contributed by atoms with Crippen molar-refractivity contribution in [1.29, 1.82) is 0 Å². The number of nitrogens with zero attached hydrogens (tertiary/aromatic N) is 1. The number of halogens is 1. The van der Waals surface area contributed by atoms with Crippen LogP contribution in [-0.2, 0) is 14.3 Å². The molecule has 0 spiro atoms. The molecule has 0 aromatic heterocycles. The first-order chi connectivity index (χ1) is 14.1. The fourth-order valence-electron chi connectivity index (χ4n) is 4.22. The number of amides is 2. The number of rotatable bonds is 8. The Morgan fingerprint density at radius 2 is 1.90 bits per heavy atom. The summed E-state index contributed by atoms with van der Waals surface area (Å²) >= 11 is 5.92. The molecule has 1 saturated carbocycles. The molecule has 2 aliphatic rings. The monoisotopic (exact) mass is 422 g/mol. The van der Waals surface area contributed by atoms with E-state index in [9.17, 15) is 9.59 Å². The van der Waals surface area contributed by atoms with Crippen LogP contribution in [0.5, 0.6) is 5.75 Å². The summed E-state index contributed by atoms with van der Waals surface area (Å²) in [4.78, 5) is 27.7. The summed E-state index contributed by atoms with van der Waals surface area (Å²) in [5.74, 6) is 0.116. The molecule has 1 aliphatic heterocycles. The molecule has 2 amide bonds. The topological polar surface area (TPSA) is 67.9 Å². The molecule has 29 heavy (non-hydrogen) atoms. The highest BCUT2D eigenvalue weighted by molar-refractivity contribution is 6.27. The Morgan fingerprint density at radius 3 is 2.48 bits per heavy atom. The predicted molar refractivity (Wildman–Crippen MR) is 112 cm³/mol. The van der Waals surface area contributed by atoms with Crippen molar-refractivity contribution in [2.75, 3.05) is 26.1 Å². The third kappa shape index (κ3) is 5.86. The van der Waals surface area contributed by atoms with E-state index in [0.717, 1.165) is 44.1 Å². The van der Waals surface area contributed by atoms with Gasteiger partial charge >= 0.3 is 0 Å². The normalized spacial score (nSPS) is 20.8. The number of alkyl halides is 1. The highest BCUT2D eigenvalue weighted by Crippen LogP contribution is 2.27. The van der Waals surface area contributed by atoms with Gasteiger partial charge in [0, 0.05) is 19.2 Å². The Bertz CT molecular complexity index is 670. The molecule has 1 saturated heterocycles. The van der Waals surface area contributed by atoms with E-state index in [2.05, 4.69) is 5.32 Å². The Morgan fingerprint density at radius 1 is 1.17 bits per heavy atom. The molecule has 0 bridgehead atoms. The van der Waals surface area contributed by atoms with Crippen LogP contribution in [0.3, 0.4) is 0 Å². The summed E-state index contributed by atoms with van der Waals surface area (Å²) in [6.07, 6.45) is 7.21. The molecule has 1 aromatic carbocycles. The lowest BCUT2D eigenvalue weighted by molar-refractivity contribution is -0.141. The molecular weight excluding hydrogens is 392 g/mol. The summed E-state index contributed by atoms with van der Waals surface area (Å²) in [6, 6.07) is 6.73. The van der Waals surface area contributed by atoms with Crippen LogP contribution in [0, 0.1) is 0 Å².